The summed E-state index contributed by atoms with van der Waals surface area (Å²) in [6.45, 7) is 6.15. The Bertz CT molecular complexity index is 442. The molecule has 4 heteroatoms. The van der Waals surface area contributed by atoms with E-state index in [0.29, 0.717) is 10.6 Å². The van der Waals surface area contributed by atoms with Gasteiger partial charge in [0.15, 0.2) is 0 Å². The zero-order valence-corrected chi connectivity index (χ0v) is 13.0. The highest BCUT2D eigenvalue weighted by atomic mass is 35.5. The summed E-state index contributed by atoms with van der Waals surface area (Å²) in [7, 11) is 0. The van der Waals surface area contributed by atoms with Crippen LogP contribution in [0.3, 0.4) is 0 Å². The quantitative estimate of drug-likeness (QED) is 0.897. The van der Waals surface area contributed by atoms with E-state index in [1.807, 2.05) is 0 Å². The van der Waals surface area contributed by atoms with Gasteiger partial charge in [-0.25, -0.2) is 4.39 Å². The number of benzene rings is 1. The lowest BCUT2D eigenvalue weighted by Crippen LogP contribution is -2.53. The molecular formula is C16H23ClFNO. The van der Waals surface area contributed by atoms with Crippen LogP contribution in [0.5, 0.6) is 0 Å². The van der Waals surface area contributed by atoms with E-state index in [2.05, 4.69) is 18.7 Å². The van der Waals surface area contributed by atoms with Gasteiger partial charge in [0.05, 0.1) is 6.10 Å². The average molecular weight is 300 g/mol. The van der Waals surface area contributed by atoms with Gasteiger partial charge < -0.3 is 5.11 Å². The molecule has 0 aliphatic carbocycles. The lowest BCUT2D eigenvalue weighted by molar-refractivity contribution is -0.0120. The zero-order valence-electron chi connectivity index (χ0n) is 12.2. The van der Waals surface area contributed by atoms with Crippen LogP contribution in [0.15, 0.2) is 18.2 Å². The average Bonchev–Trinajstić information content (AvgIpc) is 2.96. The summed E-state index contributed by atoms with van der Waals surface area (Å²) in [5, 5.41) is 11.1. The highest BCUT2D eigenvalue weighted by molar-refractivity contribution is 6.31. The van der Waals surface area contributed by atoms with E-state index in [9.17, 15) is 9.50 Å². The van der Waals surface area contributed by atoms with Crippen LogP contribution >= 0.6 is 11.6 Å². The van der Waals surface area contributed by atoms with Crippen molar-refractivity contribution >= 4 is 11.6 Å². The standard InChI is InChI=1S/C16H23ClFNO/c1-3-16(2,19-9-4-5-10-19)15(20)11-12-13(17)7-6-8-14(12)18/h6-8,15,20H,3-5,9-11H2,1-2H3. The third-order valence-corrected chi connectivity index (χ3v) is 5.08. The van der Waals surface area contributed by atoms with Gasteiger partial charge in [-0.3, -0.25) is 4.90 Å². The minimum atomic E-state index is -0.625. The van der Waals surface area contributed by atoms with Gasteiger partial charge in [0.1, 0.15) is 5.82 Å². The molecule has 1 N–H and O–H groups in total. The van der Waals surface area contributed by atoms with Crippen molar-refractivity contribution < 1.29 is 9.50 Å². The first-order valence-corrected chi connectivity index (χ1v) is 7.73. The van der Waals surface area contributed by atoms with E-state index in [4.69, 9.17) is 11.6 Å². The van der Waals surface area contributed by atoms with Crippen molar-refractivity contribution in [2.75, 3.05) is 13.1 Å². The Morgan fingerprint density at radius 1 is 1.40 bits per heavy atom. The molecule has 1 fully saturated rings. The van der Waals surface area contributed by atoms with Crippen LogP contribution in [0.1, 0.15) is 38.7 Å². The summed E-state index contributed by atoms with van der Waals surface area (Å²) in [5.41, 5.74) is 0.0998. The number of likely N-dealkylation sites (tertiary alicyclic amines) is 1. The van der Waals surface area contributed by atoms with Gasteiger partial charge in [0.25, 0.3) is 0 Å². The predicted molar refractivity (Wildman–Crippen MR) is 80.6 cm³/mol. The van der Waals surface area contributed by atoms with E-state index in [-0.39, 0.29) is 17.8 Å². The Balaban J connectivity index is 2.19. The van der Waals surface area contributed by atoms with Crippen LogP contribution in [0.25, 0.3) is 0 Å². The lowest BCUT2D eigenvalue weighted by Gasteiger charge is -2.42. The zero-order chi connectivity index (χ0) is 14.8. The topological polar surface area (TPSA) is 23.5 Å². The Morgan fingerprint density at radius 2 is 2.05 bits per heavy atom. The summed E-state index contributed by atoms with van der Waals surface area (Å²) in [5.74, 6) is -0.337. The van der Waals surface area contributed by atoms with Gasteiger partial charge >= 0.3 is 0 Å². The Labute approximate surface area is 125 Å². The molecule has 1 saturated heterocycles. The molecule has 2 unspecified atom stereocenters. The van der Waals surface area contributed by atoms with Crippen molar-refractivity contribution in [2.45, 2.75) is 51.2 Å². The maximum Gasteiger partial charge on any atom is 0.127 e. The summed E-state index contributed by atoms with van der Waals surface area (Å²) in [6, 6.07) is 4.66. The molecule has 1 aliphatic rings. The summed E-state index contributed by atoms with van der Waals surface area (Å²) in [4.78, 5) is 2.33. The maximum absolute atomic E-state index is 13.9. The number of nitrogens with zero attached hydrogens (tertiary/aromatic N) is 1. The first kappa shape index (κ1) is 15.7. The smallest absolute Gasteiger partial charge is 0.127 e. The molecule has 0 amide bonds. The van der Waals surface area contributed by atoms with Crippen molar-refractivity contribution in [3.05, 3.63) is 34.6 Å². The Kier molecular flexibility index (Phi) is 5.05. The fourth-order valence-corrected chi connectivity index (χ4v) is 3.28. The first-order valence-electron chi connectivity index (χ1n) is 7.35. The molecule has 1 heterocycles. The predicted octanol–water partition coefficient (Wildman–Crippen LogP) is 3.65. The fraction of sp³-hybridized carbons (Fsp3) is 0.625. The molecule has 0 radical (unpaired) electrons. The highest BCUT2D eigenvalue weighted by Crippen LogP contribution is 2.31. The normalized spacial score (nSPS) is 20.9. The second-order valence-electron chi connectivity index (χ2n) is 5.83. The van der Waals surface area contributed by atoms with Gasteiger partial charge in [-0.2, -0.15) is 0 Å². The van der Waals surface area contributed by atoms with Crippen molar-refractivity contribution in [3.8, 4) is 0 Å². The SMILES string of the molecule is CCC(C)(C(O)Cc1c(F)cccc1Cl)N1CCCC1. The number of aliphatic hydroxyl groups excluding tert-OH is 1. The van der Waals surface area contributed by atoms with Crippen LogP contribution in [0.2, 0.25) is 5.02 Å². The summed E-state index contributed by atoms with van der Waals surface area (Å²) in [6.07, 6.45) is 2.80. The molecule has 112 valence electrons. The molecule has 1 aromatic rings. The van der Waals surface area contributed by atoms with Gasteiger partial charge in [0, 0.05) is 22.5 Å². The van der Waals surface area contributed by atoms with Crippen LogP contribution < -0.4 is 0 Å². The van der Waals surface area contributed by atoms with Crippen molar-refractivity contribution in [3.63, 3.8) is 0 Å². The van der Waals surface area contributed by atoms with E-state index in [0.717, 1.165) is 19.5 Å². The van der Waals surface area contributed by atoms with Gasteiger partial charge in [-0.05, 0) is 51.4 Å². The lowest BCUT2D eigenvalue weighted by atomic mass is 9.86. The van der Waals surface area contributed by atoms with Crippen LogP contribution in [-0.4, -0.2) is 34.7 Å². The number of hydrogen-bond acceptors (Lipinski definition) is 2. The third-order valence-electron chi connectivity index (χ3n) is 4.72. The monoisotopic (exact) mass is 299 g/mol. The molecule has 1 aromatic carbocycles. The maximum atomic E-state index is 13.9. The molecule has 1 aliphatic heterocycles. The third kappa shape index (κ3) is 3.00. The molecular weight excluding hydrogens is 277 g/mol. The van der Waals surface area contributed by atoms with Crippen molar-refractivity contribution in [1.82, 2.24) is 4.90 Å². The van der Waals surface area contributed by atoms with Crippen molar-refractivity contribution in [1.29, 1.82) is 0 Å². The highest BCUT2D eigenvalue weighted by Gasteiger charge is 2.39. The minimum Gasteiger partial charge on any atom is -0.391 e. The van der Waals surface area contributed by atoms with Crippen LogP contribution in [0, 0.1) is 5.82 Å². The molecule has 0 spiro atoms. The molecule has 0 saturated carbocycles. The van der Waals surface area contributed by atoms with Crippen molar-refractivity contribution in [2.24, 2.45) is 0 Å². The molecule has 2 rings (SSSR count). The van der Waals surface area contributed by atoms with E-state index < -0.39 is 6.10 Å². The largest absolute Gasteiger partial charge is 0.391 e. The van der Waals surface area contributed by atoms with Crippen LogP contribution in [0.4, 0.5) is 4.39 Å². The second kappa shape index (κ2) is 6.42. The Morgan fingerprint density at radius 3 is 2.60 bits per heavy atom. The number of halogens is 2. The van der Waals surface area contributed by atoms with Gasteiger partial charge in [0.2, 0.25) is 0 Å². The van der Waals surface area contributed by atoms with Gasteiger partial charge in [-0.15, -0.1) is 0 Å². The molecule has 0 aromatic heterocycles. The van der Waals surface area contributed by atoms with Gasteiger partial charge in [-0.1, -0.05) is 24.6 Å². The van der Waals surface area contributed by atoms with E-state index in [1.165, 1.54) is 18.9 Å². The number of aliphatic hydroxyl groups is 1. The van der Waals surface area contributed by atoms with Crippen LogP contribution in [-0.2, 0) is 6.42 Å². The number of rotatable bonds is 5. The molecule has 2 atom stereocenters. The molecule has 2 nitrogen and oxygen atoms in total. The second-order valence-corrected chi connectivity index (χ2v) is 6.23. The minimum absolute atomic E-state index is 0.256. The molecule has 20 heavy (non-hydrogen) atoms. The molecule has 0 bridgehead atoms. The first-order chi connectivity index (χ1) is 9.49. The summed E-state index contributed by atoms with van der Waals surface area (Å²) >= 11 is 6.06. The fourth-order valence-electron chi connectivity index (χ4n) is 3.04. The van der Waals surface area contributed by atoms with E-state index in [1.54, 1.807) is 12.1 Å². The van der Waals surface area contributed by atoms with E-state index >= 15 is 0 Å². The number of hydrogen-bond donors (Lipinski definition) is 1. The Hall–Kier alpha value is -0.640. The summed E-state index contributed by atoms with van der Waals surface area (Å²) < 4.78 is 13.9.